The average Bonchev–Trinajstić information content (AvgIpc) is 2.93. The zero-order valence-corrected chi connectivity index (χ0v) is 21.9. The summed E-state index contributed by atoms with van der Waals surface area (Å²) < 4.78 is 11.0. The van der Waals surface area contributed by atoms with Crippen molar-refractivity contribution >= 4 is 23.2 Å². The van der Waals surface area contributed by atoms with Crippen LogP contribution < -0.4 is 15.5 Å². The van der Waals surface area contributed by atoms with Crippen molar-refractivity contribution in [1.82, 2.24) is 10.2 Å². The number of morpholine rings is 1. The molecule has 37 heavy (non-hydrogen) atoms. The predicted octanol–water partition coefficient (Wildman–Crippen LogP) is 3.53. The topological polar surface area (TPSA) is 83.1 Å². The number of amides is 2. The summed E-state index contributed by atoms with van der Waals surface area (Å²) in [6.07, 6.45) is 3.10. The van der Waals surface area contributed by atoms with Crippen molar-refractivity contribution in [3.05, 3.63) is 59.7 Å². The monoisotopic (exact) mass is 508 g/mol. The third-order valence-corrected chi connectivity index (χ3v) is 7.03. The largest absolute Gasteiger partial charge is 0.379 e. The number of rotatable bonds is 11. The lowest BCUT2D eigenvalue weighted by atomic mass is 9.97. The van der Waals surface area contributed by atoms with Crippen LogP contribution in [0.5, 0.6) is 0 Å². The number of hydrogen-bond donors (Lipinski definition) is 2. The van der Waals surface area contributed by atoms with E-state index in [0.717, 1.165) is 76.5 Å². The van der Waals surface area contributed by atoms with Gasteiger partial charge in [0.2, 0.25) is 5.91 Å². The number of nitrogens with one attached hydrogen (secondary N) is 2. The van der Waals surface area contributed by atoms with Crippen LogP contribution in [0.4, 0.5) is 11.4 Å². The molecule has 2 saturated heterocycles. The van der Waals surface area contributed by atoms with E-state index in [1.54, 1.807) is 6.07 Å². The first kappa shape index (κ1) is 27.1. The van der Waals surface area contributed by atoms with Gasteiger partial charge in [-0.25, -0.2) is 0 Å². The molecule has 2 aliphatic rings. The SMILES string of the molecule is CC1CCN(c2ccc(NC(=O)COCc3ccccc3)cc2C(=O)NCCCN2CCOCC2)CC1. The maximum absolute atomic E-state index is 13.3. The Kier molecular flexibility index (Phi) is 10.3. The van der Waals surface area contributed by atoms with Crippen molar-refractivity contribution in [2.75, 3.05) is 69.3 Å². The highest BCUT2D eigenvalue weighted by molar-refractivity contribution is 6.02. The van der Waals surface area contributed by atoms with Crippen molar-refractivity contribution in [3.8, 4) is 0 Å². The number of anilines is 2. The normalized spacial score (nSPS) is 16.9. The van der Waals surface area contributed by atoms with Gasteiger partial charge >= 0.3 is 0 Å². The Hall–Kier alpha value is -2.94. The van der Waals surface area contributed by atoms with E-state index in [2.05, 4.69) is 27.4 Å². The number of ether oxygens (including phenoxy) is 2. The Labute approximate surface area is 220 Å². The van der Waals surface area contributed by atoms with Crippen molar-refractivity contribution in [2.24, 2.45) is 5.92 Å². The minimum atomic E-state index is -0.243. The highest BCUT2D eigenvalue weighted by atomic mass is 16.5. The lowest BCUT2D eigenvalue weighted by molar-refractivity contribution is -0.121. The molecule has 8 nitrogen and oxygen atoms in total. The molecular weight excluding hydrogens is 468 g/mol. The minimum absolute atomic E-state index is 0.0519. The summed E-state index contributed by atoms with van der Waals surface area (Å²) >= 11 is 0. The van der Waals surface area contributed by atoms with Gasteiger partial charge in [0.1, 0.15) is 6.61 Å². The van der Waals surface area contributed by atoms with Gasteiger partial charge in [-0.1, -0.05) is 37.3 Å². The molecule has 4 rings (SSSR count). The Balaban J connectivity index is 1.35. The Bertz CT molecular complexity index is 1000. The quantitative estimate of drug-likeness (QED) is 0.452. The zero-order valence-electron chi connectivity index (χ0n) is 21.9. The van der Waals surface area contributed by atoms with Gasteiger partial charge in [0.15, 0.2) is 0 Å². The van der Waals surface area contributed by atoms with Gasteiger partial charge in [0.05, 0.1) is 25.4 Å². The number of carbonyl (C=O) groups excluding carboxylic acids is 2. The number of benzene rings is 2. The first-order chi connectivity index (χ1) is 18.1. The van der Waals surface area contributed by atoms with Gasteiger partial charge in [-0.2, -0.15) is 0 Å². The molecule has 0 bridgehead atoms. The van der Waals surface area contributed by atoms with Crippen LogP contribution in [-0.4, -0.2) is 75.8 Å². The third-order valence-electron chi connectivity index (χ3n) is 7.03. The van der Waals surface area contributed by atoms with Crippen molar-refractivity contribution in [1.29, 1.82) is 0 Å². The van der Waals surface area contributed by atoms with Crippen molar-refractivity contribution < 1.29 is 19.1 Å². The fourth-order valence-electron chi connectivity index (χ4n) is 4.78. The van der Waals surface area contributed by atoms with Crippen LogP contribution >= 0.6 is 0 Å². The summed E-state index contributed by atoms with van der Waals surface area (Å²) in [4.78, 5) is 30.4. The van der Waals surface area contributed by atoms with E-state index in [1.165, 1.54) is 0 Å². The van der Waals surface area contributed by atoms with Crippen LogP contribution in [-0.2, 0) is 20.9 Å². The second-order valence-electron chi connectivity index (χ2n) is 9.99. The fourth-order valence-corrected chi connectivity index (χ4v) is 4.78. The number of carbonyl (C=O) groups is 2. The first-order valence-electron chi connectivity index (χ1n) is 13.5. The molecule has 0 radical (unpaired) electrons. The minimum Gasteiger partial charge on any atom is -0.379 e. The molecular formula is C29H40N4O4. The summed E-state index contributed by atoms with van der Waals surface area (Å²) in [6, 6.07) is 15.4. The first-order valence-corrected chi connectivity index (χ1v) is 13.5. The van der Waals surface area contributed by atoms with E-state index in [9.17, 15) is 9.59 Å². The second-order valence-corrected chi connectivity index (χ2v) is 9.99. The van der Waals surface area contributed by atoms with Crippen LogP contribution in [0.25, 0.3) is 0 Å². The Morgan fingerprint density at radius 3 is 2.54 bits per heavy atom. The summed E-state index contributed by atoms with van der Waals surface area (Å²) in [5.74, 6) is 0.350. The summed E-state index contributed by atoms with van der Waals surface area (Å²) in [6.45, 7) is 9.45. The molecule has 2 aromatic carbocycles. The molecule has 2 aliphatic heterocycles. The van der Waals surface area contributed by atoms with Crippen LogP contribution in [0.15, 0.2) is 48.5 Å². The molecule has 0 spiro atoms. The van der Waals surface area contributed by atoms with Gasteiger partial charge in [-0.3, -0.25) is 14.5 Å². The lowest BCUT2D eigenvalue weighted by Gasteiger charge is -2.33. The number of nitrogens with zero attached hydrogens (tertiary/aromatic N) is 2. The molecule has 2 aromatic rings. The van der Waals surface area contributed by atoms with Gasteiger partial charge in [0.25, 0.3) is 5.91 Å². The van der Waals surface area contributed by atoms with Gasteiger partial charge in [-0.05, 0) is 55.5 Å². The highest BCUT2D eigenvalue weighted by Crippen LogP contribution is 2.28. The maximum atomic E-state index is 13.3. The average molecular weight is 509 g/mol. The second kappa shape index (κ2) is 14.1. The lowest BCUT2D eigenvalue weighted by Crippen LogP contribution is -2.38. The van der Waals surface area contributed by atoms with Crippen molar-refractivity contribution in [2.45, 2.75) is 32.8 Å². The third kappa shape index (κ3) is 8.55. The van der Waals surface area contributed by atoms with E-state index in [0.29, 0.717) is 30.3 Å². The Morgan fingerprint density at radius 2 is 1.78 bits per heavy atom. The molecule has 200 valence electrons. The maximum Gasteiger partial charge on any atom is 0.253 e. The molecule has 0 unspecified atom stereocenters. The molecule has 2 heterocycles. The standard InChI is InChI=1S/C29H40N4O4/c1-23-10-14-33(15-11-23)27-9-8-25(31-28(34)22-37-21-24-6-3-2-4-7-24)20-26(27)29(35)30-12-5-13-32-16-18-36-19-17-32/h2-4,6-9,20,23H,5,10-19,21-22H2,1H3,(H,30,35)(H,31,34). The zero-order chi connectivity index (χ0) is 25.9. The van der Waals surface area contributed by atoms with E-state index in [-0.39, 0.29) is 18.4 Å². The van der Waals surface area contributed by atoms with E-state index in [1.807, 2.05) is 42.5 Å². The summed E-state index contributed by atoms with van der Waals surface area (Å²) in [5, 5.41) is 5.99. The van der Waals surface area contributed by atoms with Crippen LogP contribution in [0.1, 0.15) is 42.1 Å². The number of hydrogen-bond acceptors (Lipinski definition) is 6. The molecule has 2 fully saturated rings. The van der Waals surface area contributed by atoms with Gasteiger partial charge in [0, 0.05) is 44.1 Å². The van der Waals surface area contributed by atoms with Crippen LogP contribution in [0, 0.1) is 5.92 Å². The van der Waals surface area contributed by atoms with E-state index in [4.69, 9.17) is 9.47 Å². The molecule has 0 atom stereocenters. The molecule has 2 N–H and O–H groups in total. The van der Waals surface area contributed by atoms with Crippen LogP contribution in [0.2, 0.25) is 0 Å². The predicted molar refractivity (Wildman–Crippen MR) is 146 cm³/mol. The van der Waals surface area contributed by atoms with Crippen LogP contribution in [0.3, 0.4) is 0 Å². The van der Waals surface area contributed by atoms with Gasteiger partial charge in [-0.15, -0.1) is 0 Å². The summed E-state index contributed by atoms with van der Waals surface area (Å²) in [5.41, 5.74) is 3.14. The molecule has 2 amide bonds. The van der Waals surface area contributed by atoms with Gasteiger partial charge < -0.3 is 25.0 Å². The molecule has 0 saturated carbocycles. The van der Waals surface area contributed by atoms with E-state index < -0.39 is 0 Å². The fraction of sp³-hybridized carbons (Fsp3) is 0.517. The number of piperidine rings is 1. The smallest absolute Gasteiger partial charge is 0.253 e. The molecule has 0 aromatic heterocycles. The van der Waals surface area contributed by atoms with E-state index >= 15 is 0 Å². The highest BCUT2D eigenvalue weighted by Gasteiger charge is 2.22. The van der Waals surface area contributed by atoms with Crippen molar-refractivity contribution in [3.63, 3.8) is 0 Å². The molecule has 0 aliphatic carbocycles. The Morgan fingerprint density at radius 1 is 1.03 bits per heavy atom. The summed E-state index contributed by atoms with van der Waals surface area (Å²) in [7, 11) is 0. The molecule has 8 heteroatoms.